The van der Waals surface area contributed by atoms with Crippen molar-refractivity contribution >= 4 is 18.0 Å². The Hall–Kier alpha value is -2.65. The van der Waals surface area contributed by atoms with E-state index < -0.39 is 5.97 Å². The largest absolute Gasteiger partial charge is 0.451 e. The third-order valence-electron chi connectivity index (χ3n) is 3.83. The number of nitrogens with zero attached hydrogens (tertiary/aromatic N) is 2. The van der Waals surface area contributed by atoms with Crippen molar-refractivity contribution in [3.05, 3.63) is 41.0 Å². The first-order valence-electron chi connectivity index (χ1n) is 8.18. The highest BCUT2D eigenvalue weighted by molar-refractivity contribution is 5.98. The van der Waals surface area contributed by atoms with E-state index in [1.54, 1.807) is 4.90 Å². The highest BCUT2D eigenvalue weighted by Crippen LogP contribution is 2.12. The minimum Gasteiger partial charge on any atom is -0.451 e. The van der Waals surface area contributed by atoms with Crippen LogP contribution in [0.4, 0.5) is 0 Å². The second kappa shape index (κ2) is 8.45. The average molecular weight is 342 g/mol. The number of benzene rings is 1. The predicted molar refractivity (Wildman–Crippen MR) is 92.3 cm³/mol. The predicted octanol–water partition coefficient (Wildman–Crippen LogP) is 2.08. The highest BCUT2D eigenvalue weighted by atomic mass is 16.5. The van der Waals surface area contributed by atoms with Crippen LogP contribution in [0.5, 0.6) is 0 Å². The summed E-state index contributed by atoms with van der Waals surface area (Å²) in [7, 11) is 0. The molecule has 0 aromatic heterocycles. The van der Waals surface area contributed by atoms with Crippen molar-refractivity contribution in [2.24, 2.45) is 0 Å². The quantitative estimate of drug-likeness (QED) is 0.475. The van der Waals surface area contributed by atoms with Crippen LogP contribution in [0.3, 0.4) is 0 Å². The summed E-state index contributed by atoms with van der Waals surface area (Å²) in [6.07, 6.45) is 1.34. The van der Waals surface area contributed by atoms with Crippen molar-refractivity contribution in [1.82, 2.24) is 4.90 Å². The van der Waals surface area contributed by atoms with E-state index in [-0.39, 0.29) is 30.3 Å². The number of aryl methyl sites for hydroxylation is 1. The number of carbonyl (C=O) groups excluding carboxylic acids is 2. The molecule has 6 heteroatoms. The molecule has 2 atom stereocenters. The molecule has 6 nitrogen and oxygen atoms in total. The van der Waals surface area contributed by atoms with E-state index in [0.29, 0.717) is 13.1 Å². The van der Waals surface area contributed by atoms with E-state index in [0.717, 1.165) is 11.1 Å². The maximum absolute atomic E-state index is 12.2. The van der Waals surface area contributed by atoms with Crippen molar-refractivity contribution in [3.63, 3.8) is 0 Å². The number of carbonyl (C=O) groups is 2. The zero-order valence-electron chi connectivity index (χ0n) is 14.7. The lowest BCUT2D eigenvalue weighted by molar-refractivity contribution is -0.154. The minimum atomic E-state index is -0.800. The molecular formula is C19H22N2O4. The molecule has 0 spiro atoms. The number of rotatable bonds is 4. The van der Waals surface area contributed by atoms with Gasteiger partial charge in [0.15, 0.2) is 6.61 Å². The molecule has 0 bridgehead atoms. The van der Waals surface area contributed by atoms with Gasteiger partial charge in [-0.3, -0.25) is 4.79 Å². The van der Waals surface area contributed by atoms with Crippen molar-refractivity contribution in [1.29, 1.82) is 5.26 Å². The summed E-state index contributed by atoms with van der Waals surface area (Å²) in [5, 5.41) is 9.16. The van der Waals surface area contributed by atoms with Gasteiger partial charge in [-0.2, -0.15) is 5.26 Å². The molecule has 2 rings (SSSR count). The lowest BCUT2D eigenvalue weighted by Gasteiger charge is -2.35. The van der Waals surface area contributed by atoms with Crippen LogP contribution in [0.1, 0.15) is 25.0 Å². The van der Waals surface area contributed by atoms with E-state index in [9.17, 15) is 9.59 Å². The first kappa shape index (κ1) is 18.7. The monoisotopic (exact) mass is 342 g/mol. The Morgan fingerprint density at radius 3 is 2.44 bits per heavy atom. The Morgan fingerprint density at radius 1 is 1.28 bits per heavy atom. The Balaban J connectivity index is 1.94. The first-order valence-corrected chi connectivity index (χ1v) is 8.18. The van der Waals surface area contributed by atoms with Crippen LogP contribution in [0.2, 0.25) is 0 Å². The third-order valence-corrected chi connectivity index (χ3v) is 3.83. The SMILES string of the molecule is Cc1ccc(/C=C(\C#N)C(=O)OCC(=O)N2C[C@H](C)O[C@@H](C)C2)cc1. The van der Waals surface area contributed by atoms with Crippen molar-refractivity contribution in [3.8, 4) is 6.07 Å². The number of amides is 1. The molecule has 1 aliphatic rings. The van der Waals surface area contributed by atoms with Crippen LogP contribution in [-0.4, -0.2) is 48.7 Å². The van der Waals surface area contributed by atoms with Crippen LogP contribution in [0.15, 0.2) is 29.8 Å². The van der Waals surface area contributed by atoms with Crippen LogP contribution >= 0.6 is 0 Å². The Morgan fingerprint density at radius 2 is 1.88 bits per heavy atom. The summed E-state index contributed by atoms with van der Waals surface area (Å²) < 4.78 is 10.6. The van der Waals surface area contributed by atoms with Crippen LogP contribution in [0, 0.1) is 18.3 Å². The average Bonchev–Trinajstić information content (AvgIpc) is 2.58. The van der Waals surface area contributed by atoms with Gasteiger partial charge in [0.05, 0.1) is 12.2 Å². The van der Waals surface area contributed by atoms with Gasteiger partial charge < -0.3 is 14.4 Å². The number of nitriles is 1. The lowest BCUT2D eigenvalue weighted by atomic mass is 10.1. The number of hydrogen-bond acceptors (Lipinski definition) is 5. The molecule has 1 fully saturated rings. The van der Waals surface area contributed by atoms with Crippen LogP contribution in [-0.2, 0) is 19.1 Å². The number of hydrogen-bond donors (Lipinski definition) is 0. The lowest BCUT2D eigenvalue weighted by Crippen LogP contribution is -2.49. The van der Waals surface area contributed by atoms with E-state index >= 15 is 0 Å². The number of esters is 1. The Bertz CT molecular complexity index is 693. The fourth-order valence-electron chi connectivity index (χ4n) is 2.64. The smallest absolute Gasteiger partial charge is 0.349 e. The summed E-state index contributed by atoms with van der Waals surface area (Å²) in [6, 6.07) is 9.21. The van der Waals surface area contributed by atoms with Gasteiger partial charge in [-0.05, 0) is 32.4 Å². The molecule has 0 saturated carbocycles. The van der Waals surface area contributed by atoms with E-state index in [4.69, 9.17) is 14.7 Å². The maximum atomic E-state index is 12.2. The van der Waals surface area contributed by atoms with E-state index in [1.807, 2.05) is 51.1 Å². The second-order valence-electron chi connectivity index (χ2n) is 6.21. The second-order valence-corrected chi connectivity index (χ2v) is 6.21. The van der Waals surface area contributed by atoms with Gasteiger partial charge >= 0.3 is 5.97 Å². The maximum Gasteiger partial charge on any atom is 0.349 e. The summed E-state index contributed by atoms with van der Waals surface area (Å²) in [4.78, 5) is 25.9. The summed E-state index contributed by atoms with van der Waals surface area (Å²) >= 11 is 0. The zero-order chi connectivity index (χ0) is 18.4. The third kappa shape index (κ3) is 5.44. The molecule has 1 aromatic carbocycles. The molecule has 0 unspecified atom stereocenters. The molecule has 0 radical (unpaired) electrons. The summed E-state index contributed by atoms with van der Waals surface area (Å²) in [5.74, 6) is -1.09. The molecule has 25 heavy (non-hydrogen) atoms. The van der Waals surface area contributed by atoms with Gasteiger partial charge in [0.1, 0.15) is 11.6 Å². The van der Waals surface area contributed by atoms with Crippen LogP contribution in [0.25, 0.3) is 6.08 Å². The molecular weight excluding hydrogens is 320 g/mol. The van der Waals surface area contributed by atoms with Gasteiger partial charge in [0.2, 0.25) is 0 Å². The van der Waals surface area contributed by atoms with E-state index in [1.165, 1.54) is 6.08 Å². The minimum absolute atomic E-state index is 0.0560. The van der Waals surface area contributed by atoms with Gasteiger partial charge in [-0.15, -0.1) is 0 Å². The Kier molecular flexibility index (Phi) is 6.31. The standard InChI is InChI=1S/C19H22N2O4/c1-13-4-6-16(7-5-13)8-17(9-20)19(23)24-12-18(22)21-10-14(2)25-15(3)11-21/h4-8,14-15H,10-12H2,1-3H3/b17-8+/t14-,15-/m0/s1. The summed E-state index contributed by atoms with van der Waals surface area (Å²) in [6.45, 7) is 6.27. The van der Waals surface area contributed by atoms with Crippen molar-refractivity contribution < 1.29 is 19.1 Å². The first-order chi connectivity index (χ1) is 11.9. The molecule has 0 aliphatic carbocycles. The van der Waals surface area contributed by atoms with Crippen molar-refractivity contribution in [2.45, 2.75) is 33.0 Å². The van der Waals surface area contributed by atoms with Gasteiger partial charge in [-0.25, -0.2) is 4.79 Å². The molecule has 1 amide bonds. The van der Waals surface area contributed by atoms with Crippen molar-refractivity contribution in [2.75, 3.05) is 19.7 Å². The molecule has 132 valence electrons. The molecule has 1 heterocycles. The molecule has 1 aliphatic heterocycles. The summed E-state index contributed by atoms with van der Waals surface area (Å²) in [5.41, 5.74) is 1.67. The fraction of sp³-hybridized carbons (Fsp3) is 0.421. The zero-order valence-corrected chi connectivity index (χ0v) is 14.7. The van der Waals surface area contributed by atoms with Crippen LogP contribution < -0.4 is 0 Å². The van der Waals surface area contributed by atoms with Gasteiger partial charge in [0, 0.05) is 13.1 Å². The van der Waals surface area contributed by atoms with Gasteiger partial charge in [0.25, 0.3) is 5.91 Å². The Labute approximate surface area is 147 Å². The fourth-order valence-corrected chi connectivity index (χ4v) is 2.64. The molecule has 0 N–H and O–H groups in total. The molecule has 1 saturated heterocycles. The normalized spacial score (nSPS) is 20.7. The van der Waals surface area contributed by atoms with Gasteiger partial charge in [-0.1, -0.05) is 29.8 Å². The number of ether oxygens (including phenoxy) is 2. The van der Waals surface area contributed by atoms with E-state index in [2.05, 4.69) is 0 Å². The topological polar surface area (TPSA) is 79.6 Å². The molecule has 1 aromatic rings. The number of morpholine rings is 1. The highest BCUT2D eigenvalue weighted by Gasteiger charge is 2.26.